The van der Waals surface area contributed by atoms with Gasteiger partial charge < -0.3 is 10.6 Å². The first-order valence-electron chi connectivity index (χ1n) is 8.06. The van der Waals surface area contributed by atoms with Crippen LogP contribution in [0.1, 0.15) is 30.6 Å². The van der Waals surface area contributed by atoms with E-state index in [0.717, 1.165) is 23.5 Å². The molecule has 0 radical (unpaired) electrons. The minimum atomic E-state index is -0.578. The second kappa shape index (κ2) is 8.30. The molecule has 1 saturated carbocycles. The lowest BCUT2D eigenvalue weighted by Gasteiger charge is -2.15. The average Bonchev–Trinajstić information content (AvgIpc) is 3.30. The van der Waals surface area contributed by atoms with E-state index in [9.17, 15) is 9.59 Å². The standard InChI is InChI=1S/C16H19N5O2S2/c1-2-17-14(23)19-13(22)12(10-6-4-3-5-7-10)24-16-21-20-15(25-16)18-11-8-9-11/h3-7,11-12H,2,8-9H2,1H3,(H,18,20)(H2,17,19,22,23)/t12-/m0/s1. The maximum Gasteiger partial charge on any atom is 0.321 e. The number of thioether (sulfide) groups is 1. The smallest absolute Gasteiger partial charge is 0.321 e. The first-order chi connectivity index (χ1) is 12.2. The van der Waals surface area contributed by atoms with E-state index in [0.29, 0.717) is 16.9 Å². The highest BCUT2D eigenvalue weighted by molar-refractivity contribution is 8.01. The number of carbonyl (C=O) groups is 2. The van der Waals surface area contributed by atoms with Gasteiger partial charge in [0.15, 0.2) is 4.34 Å². The van der Waals surface area contributed by atoms with Gasteiger partial charge in [0.2, 0.25) is 11.0 Å². The fraction of sp³-hybridized carbons (Fsp3) is 0.375. The molecule has 3 amide bonds. The summed E-state index contributed by atoms with van der Waals surface area (Å²) in [6.45, 7) is 2.25. The molecule has 2 aromatic rings. The molecule has 1 aliphatic carbocycles. The molecule has 1 aliphatic rings. The van der Waals surface area contributed by atoms with Gasteiger partial charge >= 0.3 is 6.03 Å². The minimum absolute atomic E-state index is 0.381. The van der Waals surface area contributed by atoms with E-state index < -0.39 is 11.3 Å². The van der Waals surface area contributed by atoms with Crippen LogP contribution in [0.25, 0.3) is 0 Å². The largest absolute Gasteiger partial charge is 0.357 e. The van der Waals surface area contributed by atoms with Gasteiger partial charge in [-0.05, 0) is 25.3 Å². The van der Waals surface area contributed by atoms with Crippen LogP contribution >= 0.6 is 23.1 Å². The van der Waals surface area contributed by atoms with Gasteiger partial charge in [0.1, 0.15) is 5.25 Å². The molecule has 7 nitrogen and oxygen atoms in total. The lowest BCUT2D eigenvalue weighted by atomic mass is 10.1. The summed E-state index contributed by atoms with van der Waals surface area (Å²) in [7, 11) is 0. The summed E-state index contributed by atoms with van der Waals surface area (Å²) < 4.78 is 0.683. The van der Waals surface area contributed by atoms with E-state index >= 15 is 0 Å². The van der Waals surface area contributed by atoms with Crippen molar-refractivity contribution in [2.45, 2.75) is 35.4 Å². The Morgan fingerprint density at radius 2 is 2.04 bits per heavy atom. The van der Waals surface area contributed by atoms with E-state index in [1.54, 1.807) is 6.92 Å². The summed E-state index contributed by atoms with van der Waals surface area (Å²) in [4.78, 5) is 24.3. The van der Waals surface area contributed by atoms with Crippen LogP contribution in [0.5, 0.6) is 0 Å². The monoisotopic (exact) mass is 377 g/mol. The molecule has 1 fully saturated rings. The lowest BCUT2D eigenvalue weighted by Crippen LogP contribution is -2.41. The molecule has 1 heterocycles. The number of rotatable bonds is 7. The molecule has 1 atom stereocenters. The van der Waals surface area contributed by atoms with Gasteiger partial charge in [-0.25, -0.2) is 4.79 Å². The molecule has 0 unspecified atom stereocenters. The van der Waals surface area contributed by atoms with Gasteiger partial charge in [0, 0.05) is 12.6 Å². The van der Waals surface area contributed by atoms with Crippen LogP contribution in [-0.2, 0) is 4.79 Å². The second-order valence-electron chi connectivity index (χ2n) is 5.55. The van der Waals surface area contributed by atoms with E-state index in [1.807, 2.05) is 30.3 Å². The topological polar surface area (TPSA) is 96.0 Å². The van der Waals surface area contributed by atoms with Crippen LogP contribution in [0.3, 0.4) is 0 Å². The van der Waals surface area contributed by atoms with Crippen LogP contribution in [0.4, 0.5) is 9.93 Å². The molecule has 25 heavy (non-hydrogen) atoms. The summed E-state index contributed by atoms with van der Waals surface area (Å²) in [6, 6.07) is 9.33. The summed E-state index contributed by atoms with van der Waals surface area (Å²) >= 11 is 2.71. The number of hydrogen-bond donors (Lipinski definition) is 3. The second-order valence-corrected chi connectivity index (χ2v) is 7.88. The van der Waals surface area contributed by atoms with Crippen molar-refractivity contribution < 1.29 is 9.59 Å². The highest BCUT2D eigenvalue weighted by Gasteiger charge is 2.26. The first kappa shape index (κ1) is 17.7. The van der Waals surface area contributed by atoms with Crippen LogP contribution in [0, 0.1) is 0 Å². The Labute approximate surface area is 154 Å². The Balaban J connectivity index is 1.72. The van der Waals surface area contributed by atoms with Crippen molar-refractivity contribution in [3.05, 3.63) is 35.9 Å². The van der Waals surface area contributed by atoms with Crippen molar-refractivity contribution in [2.75, 3.05) is 11.9 Å². The SMILES string of the molecule is CCNC(=O)NC(=O)[C@@H](Sc1nnc(NC2CC2)s1)c1ccccc1. The van der Waals surface area contributed by atoms with E-state index in [4.69, 9.17) is 0 Å². The van der Waals surface area contributed by atoms with E-state index in [2.05, 4.69) is 26.1 Å². The normalized spacial score (nSPS) is 14.6. The molecule has 0 spiro atoms. The zero-order valence-corrected chi connectivity index (χ0v) is 15.3. The number of nitrogens with zero attached hydrogens (tertiary/aromatic N) is 2. The zero-order chi connectivity index (χ0) is 17.6. The number of nitrogens with one attached hydrogen (secondary N) is 3. The van der Waals surface area contributed by atoms with Crippen molar-refractivity contribution in [2.24, 2.45) is 0 Å². The molecule has 1 aromatic carbocycles. The van der Waals surface area contributed by atoms with Crippen LogP contribution in [0.15, 0.2) is 34.7 Å². The number of benzene rings is 1. The fourth-order valence-electron chi connectivity index (χ4n) is 2.10. The molecular formula is C16H19N5O2S2. The fourth-order valence-corrected chi connectivity index (χ4v) is 4.12. The third-order valence-electron chi connectivity index (χ3n) is 3.44. The van der Waals surface area contributed by atoms with Gasteiger partial charge in [0.25, 0.3) is 0 Å². The van der Waals surface area contributed by atoms with Crippen molar-refractivity contribution >= 4 is 40.2 Å². The molecule has 132 valence electrons. The highest BCUT2D eigenvalue weighted by atomic mass is 32.2. The molecule has 0 bridgehead atoms. The number of amides is 3. The number of anilines is 1. The molecule has 9 heteroatoms. The van der Waals surface area contributed by atoms with Gasteiger partial charge in [-0.3, -0.25) is 10.1 Å². The van der Waals surface area contributed by atoms with E-state index in [1.165, 1.54) is 23.1 Å². The van der Waals surface area contributed by atoms with Gasteiger partial charge in [0.05, 0.1) is 0 Å². The molecular weight excluding hydrogens is 358 g/mol. The third kappa shape index (κ3) is 5.17. The van der Waals surface area contributed by atoms with Gasteiger partial charge in [-0.1, -0.05) is 53.4 Å². The minimum Gasteiger partial charge on any atom is -0.357 e. The Hall–Kier alpha value is -2.13. The molecule has 0 saturated heterocycles. The molecule has 0 aliphatic heterocycles. The summed E-state index contributed by atoms with van der Waals surface area (Å²) in [5, 5.41) is 16.7. The van der Waals surface area contributed by atoms with Crippen LogP contribution in [0.2, 0.25) is 0 Å². The number of aromatic nitrogens is 2. The third-order valence-corrected chi connectivity index (χ3v) is 5.64. The Morgan fingerprint density at radius 1 is 1.28 bits per heavy atom. The Bertz CT molecular complexity index is 733. The van der Waals surface area contributed by atoms with Crippen molar-refractivity contribution in [1.29, 1.82) is 0 Å². The number of hydrogen-bond acceptors (Lipinski definition) is 7. The zero-order valence-electron chi connectivity index (χ0n) is 13.7. The highest BCUT2D eigenvalue weighted by Crippen LogP contribution is 2.38. The molecule has 3 N–H and O–H groups in total. The Morgan fingerprint density at radius 3 is 2.72 bits per heavy atom. The van der Waals surface area contributed by atoms with Crippen molar-refractivity contribution in [3.8, 4) is 0 Å². The van der Waals surface area contributed by atoms with Gasteiger partial charge in [-0.2, -0.15) is 0 Å². The van der Waals surface area contributed by atoms with E-state index in [-0.39, 0.29) is 5.91 Å². The average molecular weight is 377 g/mol. The quantitative estimate of drug-likeness (QED) is 0.642. The maximum absolute atomic E-state index is 12.6. The predicted molar refractivity (Wildman–Crippen MR) is 98.8 cm³/mol. The number of carbonyl (C=O) groups excluding carboxylic acids is 2. The summed E-state index contributed by atoms with van der Waals surface area (Å²) in [6.07, 6.45) is 2.31. The van der Waals surface area contributed by atoms with Crippen molar-refractivity contribution in [1.82, 2.24) is 20.8 Å². The Kier molecular flexibility index (Phi) is 5.87. The van der Waals surface area contributed by atoms with Gasteiger partial charge in [-0.15, -0.1) is 10.2 Å². The number of imide groups is 1. The molecule has 3 rings (SSSR count). The maximum atomic E-state index is 12.6. The number of urea groups is 1. The lowest BCUT2D eigenvalue weighted by molar-refractivity contribution is -0.119. The summed E-state index contributed by atoms with van der Waals surface area (Å²) in [5.74, 6) is -0.381. The predicted octanol–water partition coefficient (Wildman–Crippen LogP) is 2.79. The van der Waals surface area contributed by atoms with Crippen molar-refractivity contribution in [3.63, 3.8) is 0 Å². The summed E-state index contributed by atoms with van der Waals surface area (Å²) in [5.41, 5.74) is 0.807. The van der Waals surface area contributed by atoms with Crippen LogP contribution < -0.4 is 16.0 Å². The first-order valence-corrected chi connectivity index (χ1v) is 9.75. The van der Waals surface area contributed by atoms with Crippen LogP contribution in [-0.4, -0.2) is 34.7 Å². The molecule has 1 aromatic heterocycles.